The van der Waals surface area contributed by atoms with Gasteiger partial charge in [0, 0.05) is 15.6 Å². The Morgan fingerprint density at radius 2 is 1.55 bits per heavy atom. The fraction of sp³-hybridized carbons (Fsp3) is 0.0870. The van der Waals surface area contributed by atoms with Crippen LogP contribution in [-0.2, 0) is 4.79 Å². The molecule has 4 nitrogen and oxygen atoms in total. The average Bonchev–Trinajstić information content (AvgIpc) is 3.05. The summed E-state index contributed by atoms with van der Waals surface area (Å²) in [6.45, 7) is 1.94. The Morgan fingerprint density at radius 3 is 2.17 bits per heavy atom. The van der Waals surface area contributed by atoms with Crippen LogP contribution in [0, 0.1) is 12.8 Å². The largest absolute Gasteiger partial charge is 0.293 e. The van der Waals surface area contributed by atoms with E-state index in [1.807, 2.05) is 49.4 Å². The van der Waals surface area contributed by atoms with Crippen molar-refractivity contribution < 1.29 is 9.59 Å². The summed E-state index contributed by atoms with van der Waals surface area (Å²) in [6.07, 6.45) is 0. The third-order valence-electron chi connectivity index (χ3n) is 4.70. The highest BCUT2D eigenvalue weighted by atomic mass is 35.5. The zero-order valence-electron chi connectivity index (χ0n) is 15.5. The quantitative estimate of drug-likeness (QED) is 0.408. The SMILES string of the molecule is Cc1ccc(C(=O)C2C(=O)N(c3cc(Cl)cc(Cl)c3)N=C2c2ccccc2)cc1. The number of amides is 1. The third kappa shape index (κ3) is 3.82. The van der Waals surface area contributed by atoms with Crippen LogP contribution in [0.3, 0.4) is 0 Å². The molecule has 1 aliphatic heterocycles. The molecule has 0 N–H and O–H groups in total. The highest BCUT2D eigenvalue weighted by Crippen LogP contribution is 2.32. The van der Waals surface area contributed by atoms with Gasteiger partial charge in [0.1, 0.15) is 5.92 Å². The molecule has 29 heavy (non-hydrogen) atoms. The smallest absolute Gasteiger partial charge is 0.264 e. The summed E-state index contributed by atoms with van der Waals surface area (Å²) in [5.74, 6) is -1.78. The molecule has 0 aromatic heterocycles. The lowest BCUT2D eigenvalue weighted by Gasteiger charge is -2.15. The van der Waals surface area contributed by atoms with Gasteiger partial charge in [0.05, 0.1) is 11.4 Å². The first-order chi connectivity index (χ1) is 13.9. The predicted molar refractivity (Wildman–Crippen MR) is 116 cm³/mol. The molecule has 1 heterocycles. The van der Waals surface area contributed by atoms with Gasteiger partial charge in [-0.05, 0) is 30.7 Å². The fourth-order valence-electron chi connectivity index (χ4n) is 3.25. The number of anilines is 1. The molecule has 6 heteroatoms. The van der Waals surface area contributed by atoms with Crippen molar-refractivity contribution >= 4 is 46.3 Å². The molecule has 0 radical (unpaired) electrons. The van der Waals surface area contributed by atoms with Crippen molar-refractivity contribution in [1.29, 1.82) is 0 Å². The van der Waals surface area contributed by atoms with Gasteiger partial charge in [-0.1, -0.05) is 83.4 Å². The first-order valence-corrected chi connectivity index (χ1v) is 9.74. The Hall–Kier alpha value is -2.95. The summed E-state index contributed by atoms with van der Waals surface area (Å²) >= 11 is 12.2. The number of halogens is 2. The molecule has 0 spiro atoms. The van der Waals surface area contributed by atoms with Crippen LogP contribution in [0.4, 0.5) is 5.69 Å². The zero-order chi connectivity index (χ0) is 20.5. The van der Waals surface area contributed by atoms with E-state index in [2.05, 4.69) is 5.10 Å². The molecule has 1 unspecified atom stereocenters. The van der Waals surface area contributed by atoms with Gasteiger partial charge in [0.25, 0.3) is 5.91 Å². The second-order valence-electron chi connectivity index (χ2n) is 6.79. The fourth-order valence-corrected chi connectivity index (χ4v) is 3.77. The molecule has 3 aromatic carbocycles. The third-order valence-corrected chi connectivity index (χ3v) is 5.13. The molecule has 1 aliphatic rings. The average molecular weight is 423 g/mol. The number of Topliss-reactive ketones (excluding diaryl/α,β-unsaturated/α-hetero) is 1. The molecular weight excluding hydrogens is 407 g/mol. The Morgan fingerprint density at radius 1 is 0.931 bits per heavy atom. The van der Waals surface area contributed by atoms with Gasteiger partial charge >= 0.3 is 0 Å². The summed E-state index contributed by atoms with van der Waals surface area (Å²) in [5.41, 5.74) is 3.02. The Kier molecular flexibility index (Phi) is 5.22. The Balaban J connectivity index is 1.81. The van der Waals surface area contributed by atoms with E-state index in [9.17, 15) is 9.59 Å². The van der Waals surface area contributed by atoms with Gasteiger partial charge in [-0.15, -0.1) is 0 Å². The van der Waals surface area contributed by atoms with E-state index in [-0.39, 0.29) is 5.78 Å². The van der Waals surface area contributed by atoms with E-state index in [4.69, 9.17) is 23.2 Å². The van der Waals surface area contributed by atoms with E-state index >= 15 is 0 Å². The topological polar surface area (TPSA) is 49.7 Å². The summed E-state index contributed by atoms with van der Waals surface area (Å²) in [5, 5.41) is 6.46. The summed E-state index contributed by atoms with van der Waals surface area (Å²) in [6, 6.07) is 21.1. The number of aryl methyl sites for hydroxylation is 1. The van der Waals surface area contributed by atoms with Crippen LogP contribution < -0.4 is 5.01 Å². The van der Waals surface area contributed by atoms with Gasteiger partial charge in [-0.3, -0.25) is 9.59 Å². The summed E-state index contributed by atoms with van der Waals surface area (Å²) in [4.78, 5) is 26.6. The van der Waals surface area contributed by atoms with Crippen LogP contribution in [0.25, 0.3) is 0 Å². The van der Waals surface area contributed by atoms with E-state index < -0.39 is 11.8 Å². The van der Waals surface area contributed by atoms with Crippen LogP contribution in [0.15, 0.2) is 77.9 Å². The lowest BCUT2D eigenvalue weighted by atomic mass is 9.89. The number of carbonyl (C=O) groups excluding carboxylic acids is 2. The lowest BCUT2D eigenvalue weighted by Crippen LogP contribution is -2.33. The number of carbonyl (C=O) groups is 2. The molecular formula is C23H16Cl2N2O2. The van der Waals surface area contributed by atoms with E-state index in [0.717, 1.165) is 5.56 Å². The molecule has 0 fully saturated rings. The van der Waals surface area contributed by atoms with Crippen molar-refractivity contribution in [3.8, 4) is 0 Å². The van der Waals surface area contributed by atoms with Crippen molar-refractivity contribution in [2.75, 3.05) is 5.01 Å². The minimum absolute atomic E-state index is 0.298. The van der Waals surface area contributed by atoms with Crippen molar-refractivity contribution in [3.05, 3.63) is 99.5 Å². The van der Waals surface area contributed by atoms with Crippen LogP contribution >= 0.6 is 23.2 Å². The first-order valence-electron chi connectivity index (χ1n) is 8.99. The predicted octanol–water partition coefficient (Wildman–Crippen LogP) is 5.55. The zero-order valence-corrected chi connectivity index (χ0v) is 17.0. The van der Waals surface area contributed by atoms with Crippen molar-refractivity contribution in [1.82, 2.24) is 0 Å². The van der Waals surface area contributed by atoms with Crippen molar-refractivity contribution in [3.63, 3.8) is 0 Å². The number of ketones is 1. The van der Waals surface area contributed by atoms with Crippen molar-refractivity contribution in [2.24, 2.45) is 11.0 Å². The molecule has 0 saturated heterocycles. The van der Waals surface area contributed by atoms with Crippen molar-refractivity contribution in [2.45, 2.75) is 6.92 Å². The molecule has 0 bridgehead atoms. The molecule has 0 saturated carbocycles. The van der Waals surface area contributed by atoms with Gasteiger partial charge in [-0.2, -0.15) is 10.1 Å². The first kappa shape index (κ1) is 19.4. The standard InChI is InChI=1S/C23H16Cl2N2O2/c1-14-7-9-16(10-8-14)22(28)20-21(15-5-3-2-4-6-15)26-27(23(20)29)19-12-17(24)11-18(25)13-19/h2-13,20H,1H3. The number of hydrogen-bond donors (Lipinski definition) is 0. The molecule has 144 valence electrons. The highest BCUT2D eigenvalue weighted by molar-refractivity contribution is 6.37. The van der Waals surface area contributed by atoms with Crippen LogP contribution in [0.2, 0.25) is 10.0 Å². The molecule has 1 atom stereocenters. The molecule has 1 amide bonds. The maximum absolute atomic E-state index is 13.3. The van der Waals surface area contributed by atoms with E-state index in [1.165, 1.54) is 5.01 Å². The van der Waals surface area contributed by atoms with Crippen LogP contribution in [-0.4, -0.2) is 17.4 Å². The number of hydrazone groups is 1. The molecule has 0 aliphatic carbocycles. The highest BCUT2D eigenvalue weighted by Gasteiger charge is 2.42. The minimum Gasteiger partial charge on any atom is -0.293 e. The van der Waals surface area contributed by atoms with Gasteiger partial charge in [-0.25, -0.2) is 0 Å². The number of hydrogen-bond acceptors (Lipinski definition) is 3. The van der Waals surface area contributed by atoms with Gasteiger partial charge in [0.2, 0.25) is 0 Å². The van der Waals surface area contributed by atoms with Gasteiger partial charge < -0.3 is 0 Å². The molecule has 4 rings (SSSR count). The van der Waals surface area contributed by atoms with Crippen LogP contribution in [0.1, 0.15) is 21.5 Å². The Labute approximate surface area is 178 Å². The van der Waals surface area contributed by atoms with Crippen LogP contribution in [0.5, 0.6) is 0 Å². The monoisotopic (exact) mass is 422 g/mol. The second-order valence-corrected chi connectivity index (χ2v) is 7.67. The summed E-state index contributed by atoms with van der Waals surface area (Å²) < 4.78 is 0. The maximum atomic E-state index is 13.3. The summed E-state index contributed by atoms with van der Waals surface area (Å²) in [7, 11) is 0. The number of nitrogens with zero attached hydrogens (tertiary/aromatic N) is 2. The second kappa shape index (κ2) is 7.82. The number of benzene rings is 3. The van der Waals surface area contributed by atoms with E-state index in [0.29, 0.717) is 32.6 Å². The number of rotatable bonds is 4. The van der Waals surface area contributed by atoms with Gasteiger partial charge in [0.15, 0.2) is 5.78 Å². The minimum atomic E-state index is -1.04. The maximum Gasteiger partial charge on any atom is 0.264 e. The normalized spacial score (nSPS) is 16.1. The Bertz CT molecular complexity index is 1110. The lowest BCUT2D eigenvalue weighted by molar-refractivity contribution is -0.118. The molecule has 3 aromatic rings. The van der Waals surface area contributed by atoms with E-state index in [1.54, 1.807) is 30.3 Å².